The maximum atomic E-state index is 10.9. The first-order valence-corrected chi connectivity index (χ1v) is 6.27. The molecule has 104 valence electrons. The third-order valence-corrected chi connectivity index (χ3v) is 3.33. The Balaban J connectivity index is 2.10. The lowest BCUT2D eigenvalue weighted by Gasteiger charge is -2.42. The fourth-order valence-corrected chi connectivity index (χ4v) is 2.19. The number of nitrogens with one attached hydrogen (secondary N) is 1. The van der Waals surface area contributed by atoms with Crippen molar-refractivity contribution in [2.24, 2.45) is 5.73 Å². The van der Waals surface area contributed by atoms with E-state index in [1.54, 1.807) is 6.92 Å². The summed E-state index contributed by atoms with van der Waals surface area (Å²) < 4.78 is 5.53. The van der Waals surface area contributed by atoms with Crippen molar-refractivity contribution in [3.8, 4) is 0 Å². The molecule has 0 bridgehead atoms. The molecule has 0 amide bonds. The average molecular weight is 266 g/mol. The van der Waals surface area contributed by atoms with Gasteiger partial charge in [-0.05, 0) is 20.3 Å². The third-order valence-electron chi connectivity index (χ3n) is 3.33. The van der Waals surface area contributed by atoms with Crippen molar-refractivity contribution in [2.75, 3.05) is 11.9 Å². The van der Waals surface area contributed by atoms with Crippen LogP contribution < -0.4 is 11.1 Å². The van der Waals surface area contributed by atoms with E-state index >= 15 is 0 Å². The molecule has 1 aromatic heterocycles. The molecule has 1 heterocycles. The molecule has 7 nitrogen and oxygen atoms in total. The van der Waals surface area contributed by atoms with E-state index in [9.17, 15) is 10.1 Å². The summed E-state index contributed by atoms with van der Waals surface area (Å²) in [4.78, 5) is 14.6. The van der Waals surface area contributed by atoms with Gasteiger partial charge in [0.25, 0.3) is 5.69 Å². The highest BCUT2D eigenvalue weighted by Crippen LogP contribution is 2.27. The summed E-state index contributed by atoms with van der Waals surface area (Å²) in [6, 6.07) is 1.37. The molecule has 1 fully saturated rings. The second-order valence-corrected chi connectivity index (χ2v) is 4.68. The fourth-order valence-electron chi connectivity index (χ4n) is 2.19. The highest BCUT2D eigenvalue weighted by molar-refractivity contribution is 5.50. The summed E-state index contributed by atoms with van der Waals surface area (Å²) in [5, 5.41) is 14.0. The number of ether oxygens (including phenoxy) is 1. The van der Waals surface area contributed by atoms with Crippen molar-refractivity contribution in [3.05, 3.63) is 27.9 Å². The van der Waals surface area contributed by atoms with E-state index in [0.717, 1.165) is 6.42 Å². The van der Waals surface area contributed by atoms with Crippen molar-refractivity contribution in [3.63, 3.8) is 0 Å². The van der Waals surface area contributed by atoms with Crippen molar-refractivity contribution < 1.29 is 9.66 Å². The van der Waals surface area contributed by atoms with Gasteiger partial charge < -0.3 is 15.8 Å². The summed E-state index contributed by atoms with van der Waals surface area (Å²) >= 11 is 0. The minimum absolute atomic E-state index is 0.0151. The van der Waals surface area contributed by atoms with Gasteiger partial charge in [0.15, 0.2) is 0 Å². The lowest BCUT2D eigenvalue weighted by Crippen LogP contribution is -2.60. The van der Waals surface area contributed by atoms with Crippen LogP contribution in [0.3, 0.4) is 0 Å². The summed E-state index contributed by atoms with van der Waals surface area (Å²) in [5.74, 6) is 0.460. The van der Waals surface area contributed by atoms with Gasteiger partial charge in [-0.25, -0.2) is 4.98 Å². The molecule has 0 radical (unpaired) electrons. The van der Waals surface area contributed by atoms with Gasteiger partial charge in [-0.1, -0.05) is 0 Å². The number of rotatable bonds is 5. The Morgan fingerprint density at radius 3 is 3.00 bits per heavy atom. The molecule has 3 N–H and O–H groups in total. The number of nitro groups is 1. The van der Waals surface area contributed by atoms with Gasteiger partial charge in [0.05, 0.1) is 23.1 Å². The van der Waals surface area contributed by atoms with Crippen molar-refractivity contribution in [2.45, 2.75) is 38.5 Å². The molecule has 0 saturated heterocycles. The lowest BCUT2D eigenvalue weighted by molar-refractivity contribution is -0.385. The SMILES string of the molecule is CCOC1CC(N)C1Nc1cc([N+](=O)[O-])c(C)cn1. The number of hydrogen-bond donors (Lipinski definition) is 2. The van der Waals surface area contributed by atoms with E-state index in [0.29, 0.717) is 18.0 Å². The number of hydrogen-bond acceptors (Lipinski definition) is 6. The van der Waals surface area contributed by atoms with Crippen LogP contribution in [0.2, 0.25) is 0 Å². The number of pyridine rings is 1. The van der Waals surface area contributed by atoms with Crippen molar-refractivity contribution in [1.82, 2.24) is 4.98 Å². The third kappa shape index (κ3) is 2.82. The van der Waals surface area contributed by atoms with E-state index in [1.807, 2.05) is 6.92 Å². The normalized spacial score (nSPS) is 25.7. The van der Waals surface area contributed by atoms with E-state index < -0.39 is 4.92 Å². The summed E-state index contributed by atoms with van der Waals surface area (Å²) in [6.07, 6.45) is 2.32. The Hall–Kier alpha value is -1.73. The molecule has 1 aromatic rings. The zero-order valence-corrected chi connectivity index (χ0v) is 11.0. The van der Waals surface area contributed by atoms with Gasteiger partial charge >= 0.3 is 0 Å². The minimum atomic E-state index is -0.414. The summed E-state index contributed by atoms with van der Waals surface area (Å²) in [7, 11) is 0. The molecule has 1 aliphatic rings. The van der Waals surface area contributed by atoms with Gasteiger partial charge in [-0.15, -0.1) is 0 Å². The average Bonchev–Trinajstić information content (AvgIpc) is 2.37. The maximum absolute atomic E-state index is 10.9. The number of aryl methyl sites for hydroxylation is 1. The molecule has 0 aliphatic heterocycles. The number of anilines is 1. The second-order valence-electron chi connectivity index (χ2n) is 4.68. The van der Waals surface area contributed by atoms with Crippen LogP contribution in [0.25, 0.3) is 0 Å². The molecule has 1 aliphatic carbocycles. The molecular weight excluding hydrogens is 248 g/mol. The highest BCUT2D eigenvalue weighted by Gasteiger charge is 2.39. The molecule has 3 atom stereocenters. The van der Waals surface area contributed by atoms with Crippen molar-refractivity contribution in [1.29, 1.82) is 0 Å². The first-order valence-electron chi connectivity index (χ1n) is 6.27. The minimum Gasteiger partial charge on any atom is -0.376 e. The molecule has 3 unspecified atom stereocenters. The van der Waals surface area contributed by atoms with E-state index in [4.69, 9.17) is 10.5 Å². The molecule has 1 saturated carbocycles. The number of aromatic nitrogens is 1. The predicted molar refractivity (Wildman–Crippen MR) is 71.0 cm³/mol. The van der Waals surface area contributed by atoms with Gasteiger partial charge in [0, 0.05) is 24.4 Å². The van der Waals surface area contributed by atoms with Gasteiger partial charge in [0.1, 0.15) is 5.82 Å². The largest absolute Gasteiger partial charge is 0.376 e. The predicted octanol–water partition coefficient (Wildman–Crippen LogP) is 1.21. The highest BCUT2D eigenvalue weighted by atomic mass is 16.6. The first-order chi connectivity index (χ1) is 9.02. The lowest BCUT2D eigenvalue weighted by atomic mass is 9.83. The zero-order valence-electron chi connectivity index (χ0n) is 11.0. The van der Waals surface area contributed by atoms with Gasteiger partial charge in [0.2, 0.25) is 0 Å². The molecular formula is C12H18N4O3. The monoisotopic (exact) mass is 266 g/mol. The Morgan fingerprint density at radius 1 is 1.68 bits per heavy atom. The van der Waals surface area contributed by atoms with E-state index in [1.165, 1.54) is 12.3 Å². The summed E-state index contributed by atoms with van der Waals surface area (Å²) in [6.45, 7) is 4.21. The van der Waals surface area contributed by atoms with E-state index in [2.05, 4.69) is 10.3 Å². The molecule has 0 aromatic carbocycles. The Labute approximate surface area is 111 Å². The van der Waals surface area contributed by atoms with Gasteiger partial charge in [-0.3, -0.25) is 10.1 Å². The quantitative estimate of drug-likeness (QED) is 0.613. The van der Waals surface area contributed by atoms with Crippen LogP contribution in [0, 0.1) is 17.0 Å². The topological polar surface area (TPSA) is 103 Å². The second kappa shape index (κ2) is 5.50. The van der Waals surface area contributed by atoms with Crippen LogP contribution in [0.1, 0.15) is 18.9 Å². The summed E-state index contributed by atoms with van der Waals surface area (Å²) in [5.41, 5.74) is 6.51. The first kappa shape index (κ1) is 13.7. The van der Waals surface area contributed by atoms with Crippen LogP contribution in [0.4, 0.5) is 11.5 Å². The Bertz CT molecular complexity index is 478. The van der Waals surface area contributed by atoms with Crippen LogP contribution in [-0.4, -0.2) is 34.7 Å². The van der Waals surface area contributed by atoms with Crippen LogP contribution in [0.15, 0.2) is 12.3 Å². The molecule has 7 heteroatoms. The Kier molecular flexibility index (Phi) is 3.96. The number of nitrogens with zero attached hydrogens (tertiary/aromatic N) is 2. The molecule has 0 spiro atoms. The smallest absolute Gasteiger partial charge is 0.277 e. The van der Waals surface area contributed by atoms with Crippen LogP contribution in [0.5, 0.6) is 0 Å². The zero-order chi connectivity index (χ0) is 14.0. The molecule has 19 heavy (non-hydrogen) atoms. The van der Waals surface area contributed by atoms with Crippen LogP contribution in [-0.2, 0) is 4.74 Å². The number of nitrogens with two attached hydrogens (primary N) is 1. The standard InChI is InChI=1S/C12H18N4O3/c1-3-19-10-4-8(13)12(10)15-11-5-9(16(17)18)7(2)6-14-11/h5-6,8,10,12H,3-4,13H2,1-2H3,(H,14,15). The van der Waals surface area contributed by atoms with Crippen LogP contribution >= 0.6 is 0 Å². The fraction of sp³-hybridized carbons (Fsp3) is 0.583. The Morgan fingerprint density at radius 2 is 2.42 bits per heavy atom. The van der Waals surface area contributed by atoms with Gasteiger partial charge in [-0.2, -0.15) is 0 Å². The van der Waals surface area contributed by atoms with Crippen molar-refractivity contribution >= 4 is 11.5 Å². The maximum Gasteiger partial charge on any atom is 0.277 e. The van der Waals surface area contributed by atoms with E-state index in [-0.39, 0.29) is 23.9 Å². The molecule has 2 rings (SSSR count).